The fraction of sp³-hybridized carbons (Fsp3) is 0.514. The number of alkyl halides is 3. The molecule has 0 spiro atoms. The molecule has 53 heavy (non-hydrogen) atoms. The molecule has 1 saturated heterocycles. The number of aryl methyl sites for hydroxylation is 1. The number of sulfonamides is 1. The minimum atomic E-state index is -4.59. The topological polar surface area (TPSA) is 147 Å². The molecule has 3 aromatic rings. The Bertz CT molecular complexity index is 2030. The fourth-order valence-electron chi connectivity index (χ4n) is 7.22. The van der Waals surface area contributed by atoms with E-state index in [1.807, 2.05) is 36.4 Å². The van der Waals surface area contributed by atoms with Gasteiger partial charge in [0.2, 0.25) is 21.8 Å². The lowest BCUT2D eigenvalue weighted by molar-refractivity contribution is -0.140. The number of amides is 3. The quantitative estimate of drug-likeness (QED) is 0.254. The lowest BCUT2D eigenvalue weighted by Gasteiger charge is -2.30. The Balaban J connectivity index is 1.20. The Labute approximate surface area is 309 Å². The van der Waals surface area contributed by atoms with Crippen LogP contribution in [0.5, 0.6) is 5.19 Å². The number of carbonyl (C=O) groups is 3. The number of benzene rings is 2. The molecular formula is C37H42F3N5O6S2. The minimum Gasteiger partial charge on any atom is -0.465 e. The molecule has 16 heteroatoms. The summed E-state index contributed by atoms with van der Waals surface area (Å²) in [6.45, 7) is 3.09. The van der Waals surface area contributed by atoms with Gasteiger partial charge in [-0.15, -0.1) is 0 Å². The SMILES string of the molecule is Cc1cc(N[C@H]2CCCCC/C=C\[C@@H]3C[C@@]3(C(=O)NS(=O)(=O)C3(C)CC3)NC(=O)[C@@H]3C[C@@H](Oc4nc5ccccc5s4)CN3C2=O)cc(C(F)(F)F)c1. The van der Waals surface area contributed by atoms with Crippen LogP contribution in [0.2, 0.25) is 0 Å². The predicted octanol–water partition coefficient (Wildman–Crippen LogP) is 5.85. The standard InChI is InChI=1S/C37H42F3N5O6S2/c1-22-16-24(37(38,39)40)18-25(17-22)41-28-12-7-5-3-4-6-10-23-20-36(23,33(48)44-53(49,50)35(2)14-15-35)43-31(46)29-19-26(21-45(29)32(28)47)51-34-42-27-11-8-9-13-30(27)52-34/h6,8-11,13,16-18,23,26,28-29,41H,3-5,7,12,14-15,19-21H2,1-2H3,(H,43,46)(H,44,48)/b10-6-/t23-,26-,28+,29+,36-/m1/s1. The maximum absolute atomic E-state index is 14.6. The van der Waals surface area contributed by atoms with E-state index in [1.165, 1.54) is 16.2 Å². The van der Waals surface area contributed by atoms with Crippen LogP contribution >= 0.6 is 11.3 Å². The first kappa shape index (κ1) is 37.1. The van der Waals surface area contributed by atoms with E-state index in [0.29, 0.717) is 42.9 Å². The number of rotatable bonds is 7. The summed E-state index contributed by atoms with van der Waals surface area (Å²) in [5.41, 5.74) is -1.17. The molecule has 0 bridgehead atoms. The molecule has 3 amide bonds. The van der Waals surface area contributed by atoms with E-state index in [2.05, 4.69) is 20.3 Å². The summed E-state index contributed by atoms with van der Waals surface area (Å²) in [6, 6.07) is 8.91. The smallest absolute Gasteiger partial charge is 0.416 e. The third-order valence-electron chi connectivity index (χ3n) is 10.8. The van der Waals surface area contributed by atoms with Gasteiger partial charge >= 0.3 is 6.18 Å². The zero-order chi connectivity index (χ0) is 37.8. The molecule has 2 aromatic carbocycles. The average Bonchev–Trinajstić information content (AvgIpc) is 3.90. The van der Waals surface area contributed by atoms with Crippen LogP contribution in [0.25, 0.3) is 10.2 Å². The largest absolute Gasteiger partial charge is 0.465 e. The number of thiazole rings is 1. The maximum Gasteiger partial charge on any atom is 0.416 e. The molecule has 3 heterocycles. The van der Waals surface area contributed by atoms with E-state index >= 15 is 0 Å². The number of allylic oxidation sites excluding steroid dienone is 1. The molecule has 0 radical (unpaired) electrons. The number of hydrogen-bond donors (Lipinski definition) is 3. The van der Waals surface area contributed by atoms with Crippen LogP contribution in [-0.2, 0) is 30.6 Å². The van der Waals surface area contributed by atoms with Gasteiger partial charge in [-0.2, -0.15) is 13.2 Å². The van der Waals surface area contributed by atoms with E-state index < -0.39 is 73.9 Å². The van der Waals surface area contributed by atoms with E-state index in [0.717, 1.165) is 28.8 Å². The van der Waals surface area contributed by atoms with Crippen molar-refractivity contribution in [3.05, 3.63) is 65.7 Å². The Morgan fingerprint density at radius 1 is 1.11 bits per heavy atom. The number of ether oxygens (including phenoxy) is 1. The van der Waals surface area contributed by atoms with E-state index in [9.17, 15) is 36.0 Å². The molecule has 7 rings (SSSR count). The van der Waals surface area contributed by atoms with Crippen molar-refractivity contribution in [1.82, 2.24) is 19.9 Å². The number of nitrogens with zero attached hydrogens (tertiary/aromatic N) is 2. The molecule has 3 fully saturated rings. The second-order valence-electron chi connectivity index (χ2n) is 14.9. The summed E-state index contributed by atoms with van der Waals surface area (Å²) in [7, 11) is -4.01. The van der Waals surface area contributed by atoms with Crippen molar-refractivity contribution < 1.29 is 40.7 Å². The van der Waals surface area contributed by atoms with Gasteiger partial charge in [-0.25, -0.2) is 13.4 Å². The first-order chi connectivity index (χ1) is 25.1. The van der Waals surface area contributed by atoms with Crippen LogP contribution in [0.4, 0.5) is 18.9 Å². The lowest BCUT2D eigenvalue weighted by atomic mass is 10.0. The molecule has 2 aliphatic carbocycles. The second-order valence-corrected chi connectivity index (χ2v) is 18.1. The summed E-state index contributed by atoms with van der Waals surface area (Å²) in [5.74, 6) is -2.44. The number of fused-ring (bicyclic) bond motifs is 3. The molecule has 2 aliphatic heterocycles. The van der Waals surface area contributed by atoms with Gasteiger partial charge < -0.3 is 20.3 Å². The molecule has 5 atom stereocenters. The highest BCUT2D eigenvalue weighted by molar-refractivity contribution is 7.91. The summed E-state index contributed by atoms with van der Waals surface area (Å²) in [5, 5.41) is 6.26. The molecule has 11 nitrogen and oxygen atoms in total. The Hall–Kier alpha value is -4.18. The Morgan fingerprint density at radius 3 is 2.62 bits per heavy atom. The van der Waals surface area contributed by atoms with Crippen LogP contribution in [0.15, 0.2) is 54.6 Å². The number of anilines is 1. The highest BCUT2D eigenvalue weighted by atomic mass is 32.2. The number of halogens is 3. The highest BCUT2D eigenvalue weighted by Gasteiger charge is 2.63. The van der Waals surface area contributed by atoms with Crippen molar-refractivity contribution in [3.63, 3.8) is 0 Å². The fourth-order valence-corrected chi connectivity index (χ4v) is 9.42. The van der Waals surface area contributed by atoms with Crippen LogP contribution < -0.4 is 20.1 Å². The third kappa shape index (κ3) is 7.75. The molecular weight excluding hydrogens is 732 g/mol. The predicted molar refractivity (Wildman–Crippen MR) is 194 cm³/mol. The third-order valence-corrected chi connectivity index (χ3v) is 13.8. The number of hydrogen-bond acceptors (Lipinski definition) is 9. The van der Waals surface area contributed by atoms with Gasteiger partial charge in [0.05, 0.1) is 27.1 Å². The molecule has 4 aliphatic rings. The zero-order valence-corrected chi connectivity index (χ0v) is 31.0. The number of aromatic nitrogens is 1. The average molecular weight is 774 g/mol. The summed E-state index contributed by atoms with van der Waals surface area (Å²) < 4.78 is 75.8. The lowest BCUT2D eigenvalue weighted by Crippen LogP contribution is -2.58. The van der Waals surface area contributed by atoms with Crippen molar-refractivity contribution >= 4 is 55.0 Å². The molecule has 284 valence electrons. The highest BCUT2D eigenvalue weighted by Crippen LogP contribution is 2.47. The van der Waals surface area contributed by atoms with Crippen molar-refractivity contribution in [3.8, 4) is 5.19 Å². The van der Waals surface area contributed by atoms with Gasteiger partial charge in [-0.05, 0) is 88.3 Å². The summed E-state index contributed by atoms with van der Waals surface area (Å²) in [4.78, 5) is 48.6. The molecule has 2 saturated carbocycles. The number of para-hydroxylation sites is 1. The number of nitrogens with one attached hydrogen (secondary N) is 3. The van der Waals surface area contributed by atoms with Gasteiger partial charge in [0.25, 0.3) is 11.1 Å². The van der Waals surface area contributed by atoms with Crippen molar-refractivity contribution in [2.45, 2.75) is 106 Å². The molecule has 1 aromatic heterocycles. The van der Waals surface area contributed by atoms with Gasteiger partial charge in [0, 0.05) is 18.0 Å². The van der Waals surface area contributed by atoms with Crippen LogP contribution in [0.3, 0.4) is 0 Å². The first-order valence-corrected chi connectivity index (χ1v) is 20.2. The Kier molecular flexibility index (Phi) is 9.75. The molecule has 3 N–H and O–H groups in total. The first-order valence-electron chi connectivity index (χ1n) is 17.9. The van der Waals surface area contributed by atoms with Crippen molar-refractivity contribution in [1.29, 1.82) is 0 Å². The van der Waals surface area contributed by atoms with Crippen molar-refractivity contribution in [2.75, 3.05) is 11.9 Å². The normalized spacial score (nSPS) is 28.1. The van der Waals surface area contributed by atoms with Gasteiger partial charge in [0.1, 0.15) is 23.7 Å². The summed E-state index contributed by atoms with van der Waals surface area (Å²) >= 11 is 1.32. The van der Waals surface area contributed by atoms with Crippen LogP contribution in [-0.4, -0.2) is 71.0 Å². The van der Waals surface area contributed by atoms with Gasteiger partial charge in [-0.3, -0.25) is 19.1 Å². The number of carbonyl (C=O) groups excluding carboxylic acids is 3. The van der Waals surface area contributed by atoms with Crippen LogP contribution in [0, 0.1) is 12.8 Å². The molecule has 0 unspecified atom stereocenters. The van der Waals surface area contributed by atoms with Crippen LogP contribution in [0.1, 0.15) is 75.8 Å². The second kappa shape index (κ2) is 13.9. The van der Waals surface area contributed by atoms with E-state index in [1.54, 1.807) is 19.9 Å². The van der Waals surface area contributed by atoms with Gasteiger partial charge in [0.15, 0.2) is 0 Å². The van der Waals surface area contributed by atoms with Gasteiger partial charge in [-0.1, -0.05) is 48.5 Å². The monoisotopic (exact) mass is 773 g/mol. The zero-order valence-electron chi connectivity index (χ0n) is 29.4. The summed E-state index contributed by atoms with van der Waals surface area (Å²) in [6.07, 6.45) is 2.52. The Morgan fingerprint density at radius 2 is 1.89 bits per heavy atom. The van der Waals surface area contributed by atoms with Crippen molar-refractivity contribution in [2.24, 2.45) is 5.92 Å². The maximum atomic E-state index is 14.6. The van der Waals surface area contributed by atoms with E-state index in [-0.39, 0.29) is 31.5 Å². The minimum absolute atomic E-state index is 0.0259. The van der Waals surface area contributed by atoms with E-state index in [4.69, 9.17) is 4.74 Å².